The van der Waals surface area contributed by atoms with E-state index in [0.29, 0.717) is 6.42 Å². The molecule has 0 aliphatic heterocycles. The second-order valence-corrected chi connectivity index (χ2v) is 7.16. The van der Waals surface area contributed by atoms with Crippen LogP contribution in [0.25, 0.3) is 0 Å². The maximum Gasteiger partial charge on any atom is 0.0688 e. The lowest BCUT2D eigenvalue weighted by molar-refractivity contribution is 0.0242. The molecule has 2 unspecified atom stereocenters. The van der Waals surface area contributed by atoms with Gasteiger partial charge in [0.2, 0.25) is 0 Å². The zero-order valence-corrected chi connectivity index (χ0v) is 13.8. The highest BCUT2D eigenvalue weighted by atomic mass is 79.9. The first-order chi connectivity index (χ1) is 9.02. The summed E-state index contributed by atoms with van der Waals surface area (Å²) < 4.78 is 0.986. The van der Waals surface area contributed by atoms with Gasteiger partial charge in [0.1, 0.15) is 0 Å². The molecule has 0 aromatic heterocycles. The quantitative estimate of drug-likeness (QED) is 0.730. The molecule has 1 saturated carbocycles. The normalized spacial score (nSPS) is 28.1. The molecular formula is C16H22BrClO. The molecule has 1 aromatic rings. The number of hydrogen-bond donors (Lipinski definition) is 1. The Kier molecular flexibility index (Phi) is 5.33. The van der Waals surface area contributed by atoms with E-state index < -0.39 is 5.60 Å². The van der Waals surface area contributed by atoms with Crippen molar-refractivity contribution in [3.8, 4) is 0 Å². The van der Waals surface area contributed by atoms with Crippen molar-refractivity contribution in [1.29, 1.82) is 0 Å². The summed E-state index contributed by atoms with van der Waals surface area (Å²) >= 11 is 9.68. The van der Waals surface area contributed by atoms with Crippen molar-refractivity contribution >= 4 is 27.5 Å². The Morgan fingerprint density at radius 1 is 1.37 bits per heavy atom. The number of hydrogen-bond acceptors (Lipinski definition) is 1. The van der Waals surface area contributed by atoms with E-state index in [4.69, 9.17) is 11.6 Å². The molecule has 0 bridgehead atoms. The van der Waals surface area contributed by atoms with Gasteiger partial charge in [-0.1, -0.05) is 59.8 Å². The summed E-state index contributed by atoms with van der Waals surface area (Å²) in [5.74, 6) is 0.786. The van der Waals surface area contributed by atoms with Gasteiger partial charge in [-0.05, 0) is 42.9 Å². The van der Waals surface area contributed by atoms with Crippen molar-refractivity contribution in [3.63, 3.8) is 0 Å². The van der Waals surface area contributed by atoms with E-state index in [-0.39, 0.29) is 0 Å². The van der Waals surface area contributed by atoms with E-state index in [1.165, 1.54) is 12.8 Å². The van der Waals surface area contributed by atoms with Gasteiger partial charge in [-0.15, -0.1) is 0 Å². The fourth-order valence-corrected chi connectivity index (χ4v) is 3.81. The zero-order chi connectivity index (χ0) is 13.9. The molecule has 1 aliphatic carbocycles. The fourth-order valence-electron chi connectivity index (χ4n) is 3.07. The summed E-state index contributed by atoms with van der Waals surface area (Å²) in [6.45, 7) is 2.25. The minimum absolute atomic E-state index is 0.568. The monoisotopic (exact) mass is 344 g/mol. The molecule has 1 nitrogen and oxygen atoms in total. The van der Waals surface area contributed by atoms with Crippen LogP contribution in [0.5, 0.6) is 0 Å². The van der Waals surface area contributed by atoms with Crippen LogP contribution in [-0.2, 0) is 6.42 Å². The molecule has 1 fully saturated rings. The van der Waals surface area contributed by atoms with Crippen LogP contribution in [0, 0.1) is 5.92 Å². The molecule has 0 amide bonds. The maximum absolute atomic E-state index is 10.8. The Morgan fingerprint density at radius 3 is 2.84 bits per heavy atom. The Bertz CT molecular complexity index is 435. The summed E-state index contributed by atoms with van der Waals surface area (Å²) in [6, 6.07) is 5.93. The summed E-state index contributed by atoms with van der Waals surface area (Å²) in [5.41, 5.74) is 0.490. The maximum atomic E-state index is 10.8. The van der Waals surface area contributed by atoms with E-state index in [2.05, 4.69) is 22.9 Å². The molecule has 2 atom stereocenters. The summed E-state index contributed by atoms with van der Waals surface area (Å²) in [5, 5.41) is 11.6. The number of halogens is 2. The van der Waals surface area contributed by atoms with Gasteiger partial charge in [0.25, 0.3) is 0 Å². The van der Waals surface area contributed by atoms with Gasteiger partial charge in [0.05, 0.1) is 5.60 Å². The average molecular weight is 346 g/mol. The third-order valence-corrected chi connectivity index (χ3v) is 5.23. The third kappa shape index (κ3) is 4.21. The van der Waals surface area contributed by atoms with Crippen molar-refractivity contribution in [1.82, 2.24) is 0 Å². The lowest BCUT2D eigenvalue weighted by atomic mass is 9.87. The van der Waals surface area contributed by atoms with Crippen LogP contribution >= 0.6 is 27.5 Å². The first-order valence-electron chi connectivity index (χ1n) is 7.19. The molecule has 1 aromatic carbocycles. The van der Waals surface area contributed by atoms with Gasteiger partial charge in [-0.2, -0.15) is 0 Å². The van der Waals surface area contributed by atoms with Crippen LogP contribution in [0.1, 0.15) is 51.0 Å². The van der Waals surface area contributed by atoms with Crippen LogP contribution in [-0.4, -0.2) is 10.7 Å². The molecule has 0 heterocycles. The van der Waals surface area contributed by atoms with Crippen LogP contribution in [0.3, 0.4) is 0 Å². The molecule has 1 aliphatic rings. The van der Waals surface area contributed by atoms with E-state index in [9.17, 15) is 5.11 Å². The molecule has 2 rings (SSSR count). The second-order valence-electron chi connectivity index (χ2n) is 5.84. The highest BCUT2D eigenvalue weighted by Crippen LogP contribution is 2.35. The predicted octanol–water partition coefficient (Wildman–Crippen LogP) is 5.37. The molecule has 3 heteroatoms. The van der Waals surface area contributed by atoms with E-state index in [0.717, 1.165) is 46.7 Å². The lowest BCUT2D eigenvalue weighted by Crippen LogP contribution is -2.30. The highest BCUT2D eigenvalue weighted by Gasteiger charge is 2.31. The molecule has 106 valence electrons. The van der Waals surface area contributed by atoms with Gasteiger partial charge in [-0.3, -0.25) is 0 Å². The largest absolute Gasteiger partial charge is 0.390 e. The minimum atomic E-state index is -0.568. The topological polar surface area (TPSA) is 20.2 Å². The molecule has 0 saturated heterocycles. The smallest absolute Gasteiger partial charge is 0.0688 e. The SMILES string of the molecule is CCC1CCCC(O)(Cc2ccc(Br)cc2Cl)CC1. The summed E-state index contributed by atoms with van der Waals surface area (Å²) in [4.78, 5) is 0. The standard InChI is InChI=1S/C16H22BrClO/c1-2-12-4-3-8-16(19,9-7-12)11-13-5-6-14(17)10-15(13)18/h5-6,10,12,19H,2-4,7-9,11H2,1H3. The van der Waals surface area contributed by atoms with Crippen molar-refractivity contribution in [2.45, 2.75) is 57.5 Å². The van der Waals surface area contributed by atoms with Gasteiger partial charge in [0.15, 0.2) is 0 Å². The van der Waals surface area contributed by atoms with Crippen molar-refractivity contribution < 1.29 is 5.11 Å². The Balaban J connectivity index is 2.08. The van der Waals surface area contributed by atoms with Crippen molar-refractivity contribution in [2.24, 2.45) is 5.92 Å². The first-order valence-corrected chi connectivity index (χ1v) is 8.36. The molecule has 19 heavy (non-hydrogen) atoms. The van der Waals surface area contributed by atoms with Crippen LogP contribution < -0.4 is 0 Å². The van der Waals surface area contributed by atoms with Crippen LogP contribution in [0.15, 0.2) is 22.7 Å². The first kappa shape index (κ1) is 15.3. The van der Waals surface area contributed by atoms with Gasteiger partial charge < -0.3 is 5.11 Å². The van der Waals surface area contributed by atoms with Gasteiger partial charge in [0, 0.05) is 15.9 Å². The molecule has 0 radical (unpaired) electrons. The number of rotatable bonds is 3. The zero-order valence-electron chi connectivity index (χ0n) is 11.5. The van der Waals surface area contributed by atoms with Gasteiger partial charge >= 0.3 is 0 Å². The minimum Gasteiger partial charge on any atom is -0.390 e. The predicted molar refractivity (Wildman–Crippen MR) is 84.7 cm³/mol. The molecular weight excluding hydrogens is 324 g/mol. The van der Waals surface area contributed by atoms with Crippen LogP contribution in [0.2, 0.25) is 5.02 Å². The lowest BCUT2D eigenvalue weighted by Gasteiger charge is -2.27. The van der Waals surface area contributed by atoms with E-state index in [1.54, 1.807) is 0 Å². The van der Waals surface area contributed by atoms with Crippen molar-refractivity contribution in [3.05, 3.63) is 33.3 Å². The average Bonchev–Trinajstić information content (AvgIpc) is 2.55. The molecule has 1 N–H and O–H groups in total. The van der Waals surface area contributed by atoms with Gasteiger partial charge in [-0.25, -0.2) is 0 Å². The Morgan fingerprint density at radius 2 is 2.16 bits per heavy atom. The number of aliphatic hydroxyl groups is 1. The second kappa shape index (κ2) is 6.60. The van der Waals surface area contributed by atoms with E-state index in [1.807, 2.05) is 18.2 Å². The van der Waals surface area contributed by atoms with Crippen molar-refractivity contribution in [2.75, 3.05) is 0 Å². The Hall–Kier alpha value is -0.0500. The number of benzene rings is 1. The summed E-state index contributed by atoms with van der Waals surface area (Å²) in [7, 11) is 0. The van der Waals surface area contributed by atoms with E-state index >= 15 is 0 Å². The third-order valence-electron chi connectivity index (χ3n) is 4.38. The van der Waals surface area contributed by atoms with Crippen LogP contribution in [0.4, 0.5) is 0 Å². The summed E-state index contributed by atoms with van der Waals surface area (Å²) in [6.07, 6.45) is 7.23. The Labute approximate surface area is 129 Å². The fraction of sp³-hybridized carbons (Fsp3) is 0.625. The molecule has 0 spiro atoms. The highest BCUT2D eigenvalue weighted by molar-refractivity contribution is 9.10.